The Bertz CT molecular complexity index is 2720. The van der Waals surface area contributed by atoms with E-state index in [1.54, 1.807) is 0 Å². The fraction of sp³-hybridized carbons (Fsp3) is 0.320. The summed E-state index contributed by atoms with van der Waals surface area (Å²) in [5.41, 5.74) is 10.2. The maximum Gasteiger partial charge on any atom is 0.162 e. The van der Waals surface area contributed by atoms with Gasteiger partial charge >= 0.3 is 0 Å². The third-order valence-corrected chi connectivity index (χ3v) is 17.4. The Balaban J connectivity index is 0.000000201. The molecule has 0 aliphatic heterocycles. The molecule has 0 bridgehead atoms. The van der Waals surface area contributed by atoms with Crippen LogP contribution in [0.2, 0.25) is 61.4 Å². The van der Waals surface area contributed by atoms with Gasteiger partial charge in [0.1, 0.15) is 32.3 Å². The zero-order valence-electron chi connectivity index (χ0n) is 39.8. The molecule has 0 aliphatic rings. The Kier molecular flexibility index (Phi) is 17.7. The minimum Gasteiger partial charge on any atom is -0.361 e. The molecule has 0 spiro atoms. The number of aromatic nitrogens is 10. The monoisotopic (exact) mass is 1210 g/mol. The lowest BCUT2D eigenvalue weighted by atomic mass is 10.1. The van der Waals surface area contributed by atoms with Crippen LogP contribution in [0.15, 0.2) is 110 Å². The van der Waals surface area contributed by atoms with Gasteiger partial charge in [0.25, 0.3) is 0 Å². The van der Waals surface area contributed by atoms with E-state index in [1.807, 2.05) is 102 Å². The SMILES string of the molecule is Cc1c(I)nc(-c2cc(-c3cnn(Cc4ccc(Cl)cc4)c3)ccn2)n1COCC[Si](C)(C)C.Cc1nc(-c2cc(-c3cnn(Cc4ccc(Cl)cc4)c3)ccn2)n(COCC[Si](C)(C)C)c1I. The molecule has 8 rings (SSSR count). The molecule has 18 heteroatoms. The largest absolute Gasteiger partial charge is 0.361 e. The van der Waals surface area contributed by atoms with Crippen LogP contribution in [-0.2, 0) is 36.0 Å². The molecule has 0 unspecified atom stereocenters. The number of nitrogens with zero attached hydrogens (tertiary/aromatic N) is 10. The van der Waals surface area contributed by atoms with E-state index in [0.29, 0.717) is 26.6 Å². The smallest absolute Gasteiger partial charge is 0.162 e. The van der Waals surface area contributed by atoms with Crippen molar-refractivity contribution in [1.82, 2.24) is 48.6 Å². The zero-order valence-corrected chi connectivity index (χ0v) is 47.7. The van der Waals surface area contributed by atoms with Crippen molar-refractivity contribution in [3.05, 3.63) is 150 Å². The van der Waals surface area contributed by atoms with Crippen LogP contribution in [0.4, 0.5) is 0 Å². The first-order valence-electron chi connectivity index (χ1n) is 22.5. The minimum atomic E-state index is -1.13. The van der Waals surface area contributed by atoms with E-state index in [4.69, 9.17) is 42.6 Å². The van der Waals surface area contributed by atoms with Crippen molar-refractivity contribution in [3.63, 3.8) is 0 Å². The Morgan fingerprint density at radius 3 is 1.47 bits per heavy atom. The van der Waals surface area contributed by atoms with Crippen LogP contribution in [0, 0.1) is 21.2 Å². The average Bonchev–Trinajstić information content (AvgIpc) is 4.10. The third-order valence-electron chi connectivity index (χ3n) is 11.1. The van der Waals surface area contributed by atoms with Gasteiger partial charge in [-0.2, -0.15) is 10.2 Å². The van der Waals surface area contributed by atoms with Crippen molar-refractivity contribution < 1.29 is 9.47 Å². The van der Waals surface area contributed by atoms with Gasteiger partial charge in [0, 0.05) is 75.3 Å². The number of aryl methyl sites for hydroxylation is 1. The highest BCUT2D eigenvalue weighted by Gasteiger charge is 2.20. The number of benzene rings is 2. The second-order valence-electron chi connectivity index (χ2n) is 19.1. The average molecular weight is 1210 g/mol. The van der Waals surface area contributed by atoms with E-state index < -0.39 is 16.1 Å². The van der Waals surface area contributed by atoms with E-state index in [0.717, 1.165) is 111 Å². The van der Waals surface area contributed by atoms with Gasteiger partial charge in [0.2, 0.25) is 0 Å². The van der Waals surface area contributed by atoms with Gasteiger partial charge in [-0.1, -0.05) is 86.7 Å². The van der Waals surface area contributed by atoms with E-state index >= 15 is 0 Å². The molecule has 12 nitrogen and oxygen atoms in total. The summed E-state index contributed by atoms with van der Waals surface area (Å²) in [6.07, 6.45) is 11.5. The van der Waals surface area contributed by atoms with Crippen molar-refractivity contribution in [3.8, 4) is 45.3 Å². The predicted octanol–water partition coefficient (Wildman–Crippen LogP) is 13.5. The standard InChI is InChI=1S/2C25H29ClIN5OSi/c1-18-24(27)30-25(32(18)17-33-11-12-34(2,3)4)23-13-20(9-10-28-23)21-14-29-31(16-21)15-19-5-7-22(26)8-6-19;1-18-24(27)32(17-33-11-12-34(2,3)4)25(30-18)23-13-20(9-10-28-23)21-14-29-31(16-21)15-19-5-7-22(26)8-6-19/h2*5-10,13-14,16H,11-12,15,17H2,1-4H3. The molecule has 0 amide bonds. The van der Waals surface area contributed by atoms with Crippen LogP contribution in [0.3, 0.4) is 0 Å². The highest BCUT2D eigenvalue weighted by atomic mass is 127. The quantitative estimate of drug-likeness (QED) is 0.0474. The number of halogens is 4. The van der Waals surface area contributed by atoms with Crippen LogP contribution >= 0.6 is 68.4 Å². The van der Waals surface area contributed by atoms with Crippen molar-refractivity contribution in [2.24, 2.45) is 0 Å². The van der Waals surface area contributed by atoms with Gasteiger partial charge in [0.15, 0.2) is 11.6 Å². The molecule has 0 aliphatic carbocycles. The Morgan fingerprint density at radius 1 is 0.574 bits per heavy atom. The molecule has 356 valence electrons. The second-order valence-corrected chi connectivity index (χ2v) is 33.3. The number of hydrogen-bond donors (Lipinski definition) is 0. The maximum atomic E-state index is 6.04. The van der Waals surface area contributed by atoms with Crippen LogP contribution < -0.4 is 0 Å². The molecule has 6 heterocycles. The summed E-state index contributed by atoms with van der Waals surface area (Å²) >= 11 is 16.6. The van der Waals surface area contributed by atoms with Crippen molar-refractivity contribution >= 4 is 84.5 Å². The van der Waals surface area contributed by atoms with Gasteiger partial charge in [-0.25, -0.2) is 9.97 Å². The molecular weight excluding hydrogens is 1150 g/mol. The summed E-state index contributed by atoms with van der Waals surface area (Å²) in [4.78, 5) is 18.8. The normalized spacial score (nSPS) is 11.8. The van der Waals surface area contributed by atoms with Gasteiger partial charge in [-0.3, -0.25) is 23.9 Å². The highest BCUT2D eigenvalue weighted by molar-refractivity contribution is 14.1. The Morgan fingerprint density at radius 2 is 1.01 bits per heavy atom. The van der Waals surface area contributed by atoms with E-state index in [2.05, 4.69) is 145 Å². The second kappa shape index (κ2) is 23.3. The molecule has 0 N–H and O–H groups in total. The molecule has 8 aromatic rings. The van der Waals surface area contributed by atoms with Gasteiger partial charge in [-0.15, -0.1) is 0 Å². The van der Waals surface area contributed by atoms with E-state index in [1.165, 1.54) is 0 Å². The predicted molar refractivity (Wildman–Crippen MR) is 298 cm³/mol. The first-order valence-corrected chi connectivity index (χ1v) is 32.8. The summed E-state index contributed by atoms with van der Waals surface area (Å²) in [5, 5.41) is 10.6. The Labute approximate surface area is 439 Å². The molecule has 6 aromatic heterocycles. The first kappa shape index (κ1) is 51.8. The topological polar surface area (TPSA) is 116 Å². The number of imidazole rings is 2. The number of rotatable bonds is 18. The van der Waals surface area contributed by atoms with Crippen molar-refractivity contribution in [1.29, 1.82) is 0 Å². The van der Waals surface area contributed by atoms with Crippen molar-refractivity contribution in [2.75, 3.05) is 13.2 Å². The third kappa shape index (κ3) is 14.5. The van der Waals surface area contributed by atoms with Crippen molar-refractivity contribution in [2.45, 2.75) is 91.8 Å². The summed E-state index contributed by atoms with van der Waals surface area (Å²) in [7, 11) is -2.26. The van der Waals surface area contributed by atoms with Gasteiger partial charge < -0.3 is 14.0 Å². The van der Waals surface area contributed by atoms with E-state index in [9.17, 15) is 0 Å². The first-order chi connectivity index (χ1) is 32.4. The molecular formula is C50H58Cl2I2N10O2Si2. The number of hydrogen-bond acceptors (Lipinski definition) is 8. The molecule has 0 saturated heterocycles. The fourth-order valence-corrected chi connectivity index (χ4v) is 9.78. The lowest BCUT2D eigenvalue weighted by Crippen LogP contribution is -2.22. The molecule has 2 aromatic carbocycles. The summed E-state index contributed by atoms with van der Waals surface area (Å²) in [5.74, 6) is 1.65. The van der Waals surface area contributed by atoms with Gasteiger partial charge in [-0.05, 0) is 142 Å². The summed E-state index contributed by atoms with van der Waals surface area (Å²) in [6, 6.07) is 26.1. The van der Waals surface area contributed by atoms with Crippen LogP contribution in [0.5, 0.6) is 0 Å². The molecule has 0 atom stereocenters. The molecule has 68 heavy (non-hydrogen) atoms. The lowest BCUT2D eigenvalue weighted by molar-refractivity contribution is 0.0866. The molecule has 0 fully saturated rings. The van der Waals surface area contributed by atoms with Crippen LogP contribution in [0.1, 0.15) is 22.5 Å². The number of pyridine rings is 2. The van der Waals surface area contributed by atoms with Crippen LogP contribution in [-0.4, -0.2) is 78.0 Å². The highest BCUT2D eigenvalue weighted by Crippen LogP contribution is 2.29. The zero-order chi connectivity index (χ0) is 48.6. The summed E-state index contributed by atoms with van der Waals surface area (Å²) in [6.45, 7) is 22.1. The Hall–Kier alpha value is -4.03. The minimum absolute atomic E-state index is 0.476. The number of ether oxygens (including phenoxy) is 2. The molecule has 0 radical (unpaired) electrons. The maximum absolute atomic E-state index is 6.04. The summed E-state index contributed by atoms with van der Waals surface area (Å²) < 4.78 is 22.2. The van der Waals surface area contributed by atoms with Gasteiger partial charge in [0.05, 0.1) is 36.9 Å². The van der Waals surface area contributed by atoms with E-state index in [-0.39, 0.29) is 0 Å². The lowest BCUT2D eigenvalue weighted by Gasteiger charge is -2.16. The molecule has 0 saturated carbocycles. The van der Waals surface area contributed by atoms with Crippen LogP contribution in [0.25, 0.3) is 45.3 Å². The fourth-order valence-electron chi connectivity index (χ4n) is 7.01.